The van der Waals surface area contributed by atoms with Crippen LogP contribution in [0, 0.1) is 11.3 Å². The molecule has 3 heterocycles. The molecule has 0 unspecified atom stereocenters. The van der Waals surface area contributed by atoms with Crippen molar-refractivity contribution in [3.63, 3.8) is 0 Å². The van der Waals surface area contributed by atoms with Crippen LogP contribution in [0.4, 0.5) is 0 Å². The summed E-state index contributed by atoms with van der Waals surface area (Å²) in [5, 5.41) is 21.2. The predicted octanol–water partition coefficient (Wildman–Crippen LogP) is 2.25. The SMILES string of the molecule is N#Cc1ccc2nnc(Cc3ccsc3)n2c1. The Kier molecular flexibility index (Phi) is 2.35. The van der Waals surface area contributed by atoms with Gasteiger partial charge in [0.15, 0.2) is 5.65 Å². The second kappa shape index (κ2) is 4.00. The molecule has 0 saturated heterocycles. The van der Waals surface area contributed by atoms with Crippen LogP contribution >= 0.6 is 11.3 Å². The lowest BCUT2D eigenvalue weighted by Crippen LogP contribution is -1.96. The number of hydrogen-bond acceptors (Lipinski definition) is 4. The summed E-state index contributed by atoms with van der Waals surface area (Å²) in [6.45, 7) is 0. The zero-order chi connectivity index (χ0) is 11.7. The molecule has 3 aromatic heterocycles. The Labute approximate surface area is 102 Å². The van der Waals surface area contributed by atoms with E-state index in [-0.39, 0.29) is 0 Å². The molecule has 0 N–H and O–H groups in total. The maximum atomic E-state index is 8.88. The molecule has 0 fully saturated rings. The smallest absolute Gasteiger partial charge is 0.160 e. The lowest BCUT2D eigenvalue weighted by atomic mass is 10.2. The van der Waals surface area contributed by atoms with Crippen LogP contribution in [-0.4, -0.2) is 14.6 Å². The first-order valence-corrected chi connectivity index (χ1v) is 6.06. The largest absolute Gasteiger partial charge is 0.285 e. The second-order valence-electron chi connectivity index (χ2n) is 3.68. The highest BCUT2D eigenvalue weighted by atomic mass is 32.1. The Bertz CT molecular complexity index is 691. The van der Waals surface area contributed by atoms with Crippen molar-refractivity contribution in [1.29, 1.82) is 5.26 Å². The molecule has 0 atom stereocenters. The van der Waals surface area contributed by atoms with E-state index in [1.54, 1.807) is 23.6 Å². The number of thiophene rings is 1. The van der Waals surface area contributed by atoms with Gasteiger partial charge in [0.2, 0.25) is 0 Å². The Hall–Kier alpha value is -2.19. The molecule has 0 aromatic carbocycles. The van der Waals surface area contributed by atoms with Gasteiger partial charge in [0, 0.05) is 12.6 Å². The Morgan fingerprint density at radius 2 is 2.24 bits per heavy atom. The molecule has 17 heavy (non-hydrogen) atoms. The standard InChI is InChI=1S/C12H8N4S/c13-6-10-1-2-11-14-15-12(16(11)7-10)5-9-3-4-17-8-9/h1-4,7-8H,5H2. The number of aromatic nitrogens is 3. The average molecular weight is 240 g/mol. The van der Waals surface area contributed by atoms with Crippen LogP contribution in [0.5, 0.6) is 0 Å². The highest BCUT2D eigenvalue weighted by Gasteiger charge is 2.07. The van der Waals surface area contributed by atoms with Crippen LogP contribution in [0.2, 0.25) is 0 Å². The summed E-state index contributed by atoms with van der Waals surface area (Å²) < 4.78 is 1.87. The van der Waals surface area contributed by atoms with Crippen molar-refractivity contribution in [2.45, 2.75) is 6.42 Å². The van der Waals surface area contributed by atoms with Crippen LogP contribution in [0.15, 0.2) is 35.2 Å². The summed E-state index contributed by atoms with van der Waals surface area (Å²) >= 11 is 1.66. The van der Waals surface area contributed by atoms with Gasteiger partial charge in [0.05, 0.1) is 5.56 Å². The van der Waals surface area contributed by atoms with E-state index in [4.69, 9.17) is 5.26 Å². The number of rotatable bonds is 2. The van der Waals surface area contributed by atoms with Gasteiger partial charge in [-0.2, -0.15) is 16.6 Å². The molecule has 0 aliphatic heterocycles. The minimum absolute atomic E-state index is 0.615. The predicted molar refractivity (Wildman–Crippen MR) is 64.8 cm³/mol. The minimum atomic E-state index is 0.615. The van der Waals surface area contributed by atoms with Crippen LogP contribution in [-0.2, 0) is 6.42 Å². The van der Waals surface area contributed by atoms with Gasteiger partial charge in [-0.15, -0.1) is 10.2 Å². The first-order chi connectivity index (χ1) is 8.36. The van der Waals surface area contributed by atoms with Crippen LogP contribution in [0.25, 0.3) is 5.65 Å². The molecule has 0 spiro atoms. The zero-order valence-corrected chi connectivity index (χ0v) is 9.68. The molecular formula is C12H8N4S. The third kappa shape index (κ3) is 1.79. The highest BCUT2D eigenvalue weighted by Crippen LogP contribution is 2.13. The van der Waals surface area contributed by atoms with Gasteiger partial charge in [-0.1, -0.05) is 0 Å². The summed E-state index contributed by atoms with van der Waals surface area (Å²) in [5.74, 6) is 0.857. The summed E-state index contributed by atoms with van der Waals surface area (Å²) in [4.78, 5) is 0. The quantitative estimate of drug-likeness (QED) is 0.690. The number of pyridine rings is 1. The molecule has 82 valence electrons. The van der Waals surface area contributed by atoms with Crippen molar-refractivity contribution in [1.82, 2.24) is 14.6 Å². The number of hydrogen-bond donors (Lipinski definition) is 0. The van der Waals surface area contributed by atoms with Gasteiger partial charge in [-0.25, -0.2) is 0 Å². The average Bonchev–Trinajstić information content (AvgIpc) is 2.99. The van der Waals surface area contributed by atoms with E-state index in [1.165, 1.54) is 5.56 Å². The first kappa shape index (κ1) is 10.00. The normalized spacial score (nSPS) is 10.5. The van der Waals surface area contributed by atoms with Gasteiger partial charge in [-0.05, 0) is 34.5 Å². The van der Waals surface area contributed by atoms with Gasteiger partial charge in [0.1, 0.15) is 11.9 Å². The summed E-state index contributed by atoms with van der Waals surface area (Å²) in [6.07, 6.45) is 2.51. The molecule has 0 bridgehead atoms. The molecule has 5 heteroatoms. The van der Waals surface area contributed by atoms with Gasteiger partial charge in [-0.3, -0.25) is 4.40 Å². The van der Waals surface area contributed by atoms with Crippen molar-refractivity contribution >= 4 is 17.0 Å². The molecule has 4 nitrogen and oxygen atoms in total. The third-order valence-corrected chi connectivity index (χ3v) is 3.28. The number of nitriles is 1. The van der Waals surface area contributed by atoms with Gasteiger partial charge in [0.25, 0.3) is 0 Å². The minimum Gasteiger partial charge on any atom is -0.285 e. The third-order valence-electron chi connectivity index (χ3n) is 2.54. The van der Waals surface area contributed by atoms with Crippen LogP contribution in [0.1, 0.15) is 17.0 Å². The van der Waals surface area contributed by atoms with E-state index in [0.29, 0.717) is 5.56 Å². The maximum absolute atomic E-state index is 8.88. The van der Waals surface area contributed by atoms with E-state index in [9.17, 15) is 0 Å². The van der Waals surface area contributed by atoms with E-state index in [2.05, 4.69) is 27.7 Å². The summed E-state index contributed by atoms with van der Waals surface area (Å²) in [5.41, 5.74) is 2.60. The van der Waals surface area contributed by atoms with Crippen molar-refractivity contribution in [3.05, 3.63) is 52.1 Å². The number of fused-ring (bicyclic) bond motifs is 1. The van der Waals surface area contributed by atoms with Crippen molar-refractivity contribution in [3.8, 4) is 6.07 Å². The molecule has 0 aliphatic carbocycles. The van der Waals surface area contributed by atoms with Crippen molar-refractivity contribution in [2.24, 2.45) is 0 Å². The van der Waals surface area contributed by atoms with E-state index in [1.807, 2.05) is 15.8 Å². The molecule has 3 aromatic rings. The zero-order valence-electron chi connectivity index (χ0n) is 8.87. The van der Waals surface area contributed by atoms with Crippen LogP contribution in [0.3, 0.4) is 0 Å². The summed E-state index contributed by atoms with van der Waals surface area (Å²) in [6, 6.07) is 7.75. The lowest BCUT2D eigenvalue weighted by Gasteiger charge is -1.98. The monoisotopic (exact) mass is 240 g/mol. The summed E-state index contributed by atoms with van der Waals surface area (Å²) in [7, 11) is 0. The topological polar surface area (TPSA) is 54.0 Å². The fourth-order valence-corrected chi connectivity index (χ4v) is 2.37. The van der Waals surface area contributed by atoms with Crippen molar-refractivity contribution < 1.29 is 0 Å². The molecule has 3 rings (SSSR count). The lowest BCUT2D eigenvalue weighted by molar-refractivity contribution is 0.936. The fraction of sp³-hybridized carbons (Fsp3) is 0.0833. The van der Waals surface area contributed by atoms with E-state index in [0.717, 1.165) is 17.9 Å². The maximum Gasteiger partial charge on any atom is 0.160 e. The molecule has 0 radical (unpaired) electrons. The van der Waals surface area contributed by atoms with E-state index < -0.39 is 0 Å². The van der Waals surface area contributed by atoms with E-state index >= 15 is 0 Å². The molecule has 0 aliphatic rings. The van der Waals surface area contributed by atoms with Gasteiger partial charge >= 0.3 is 0 Å². The fourth-order valence-electron chi connectivity index (χ4n) is 1.70. The number of nitrogens with zero attached hydrogens (tertiary/aromatic N) is 4. The first-order valence-electron chi connectivity index (χ1n) is 5.11. The molecule has 0 saturated carbocycles. The highest BCUT2D eigenvalue weighted by molar-refractivity contribution is 7.07. The molecule has 0 amide bonds. The Balaban J connectivity index is 2.08. The van der Waals surface area contributed by atoms with Crippen LogP contribution < -0.4 is 0 Å². The van der Waals surface area contributed by atoms with Crippen molar-refractivity contribution in [2.75, 3.05) is 0 Å². The molecular weight excluding hydrogens is 232 g/mol. The Morgan fingerprint density at radius 1 is 1.29 bits per heavy atom. The second-order valence-corrected chi connectivity index (χ2v) is 4.46. The Morgan fingerprint density at radius 3 is 3.00 bits per heavy atom. The van der Waals surface area contributed by atoms with Gasteiger partial charge < -0.3 is 0 Å².